The lowest BCUT2D eigenvalue weighted by atomic mass is 10.5. The van der Waals surface area contributed by atoms with Gasteiger partial charge in [-0.25, -0.2) is 4.79 Å². The van der Waals surface area contributed by atoms with Gasteiger partial charge in [-0.15, -0.1) is 0 Å². The number of primary amides is 1. The molecule has 0 unspecified atom stereocenters. The summed E-state index contributed by atoms with van der Waals surface area (Å²) < 4.78 is 9.09. The van der Waals surface area contributed by atoms with Crippen LogP contribution >= 0.6 is 0 Å². The van der Waals surface area contributed by atoms with Gasteiger partial charge in [0.1, 0.15) is 0 Å². The smallest absolute Gasteiger partial charge is 0.404 e. The summed E-state index contributed by atoms with van der Waals surface area (Å²) in [5.41, 5.74) is 4.67. The molecule has 0 aliphatic heterocycles. The maximum atomic E-state index is 9.92. The maximum absolute atomic E-state index is 9.92. The minimum Gasteiger partial charge on any atom is -0.450 e. The highest BCUT2D eigenvalue weighted by molar-refractivity contribution is 5.64. The van der Waals surface area contributed by atoms with E-state index in [1.165, 1.54) is 0 Å². The fraction of sp³-hybridized carbons (Fsp3) is 0.800. The van der Waals surface area contributed by atoms with Gasteiger partial charge in [0.15, 0.2) is 0 Å². The van der Waals surface area contributed by atoms with E-state index in [0.717, 1.165) is 0 Å². The summed E-state index contributed by atoms with van der Waals surface area (Å²) in [7, 11) is 1.59. The van der Waals surface area contributed by atoms with Gasteiger partial charge in [0.05, 0.1) is 6.61 Å². The molecule has 0 aliphatic rings. The van der Waals surface area contributed by atoms with E-state index in [1.54, 1.807) is 7.11 Å². The zero-order valence-electron chi connectivity index (χ0n) is 5.42. The van der Waals surface area contributed by atoms with Crippen molar-refractivity contribution in [3.05, 3.63) is 0 Å². The summed E-state index contributed by atoms with van der Waals surface area (Å²) in [5, 5.41) is 0. The van der Waals surface area contributed by atoms with E-state index < -0.39 is 6.09 Å². The number of methoxy groups -OCH3 is 1. The van der Waals surface area contributed by atoms with Crippen molar-refractivity contribution < 1.29 is 14.3 Å². The fourth-order valence-corrected chi connectivity index (χ4v) is 0.376. The molecule has 0 saturated carbocycles. The van der Waals surface area contributed by atoms with Crippen LogP contribution in [0, 0.1) is 0 Å². The molecule has 0 rings (SSSR count). The molecule has 1 amide bonds. The summed E-state index contributed by atoms with van der Waals surface area (Å²) in [6, 6.07) is 0. The van der Waals surface area contributed by atoms with Gasteiger partial charge in [0.2, 0.25) is 0 Å². The van der Waals surface area contributed by atoms with Crippen molar-refractivity contribution in [3.8, 4) is 0 Å². The molecule has 2 N–H and O–H groups in total. The van der Waals surface area contributed by atoms with Crippen LogP contribution in [0.3, 0.4) is 0 Å². The standard InChI is InChI=1S/C5H11NO3/c1-8-3-2-4-9-5(6)7/h2-4H2,1H3,(H2,6,7). The number of ether oxygens (including phenoxy) is 2. The summed E-state index contributed by atoms with van der Waals surface area (Å²) in [5.74, 6) is 0. The Hall–Kier alpha value is -0.770. The van der Waals surface area contributed by atoms with Gasteiger partial charge >= 0.3 is 6.09 Å². The largest absolute Gasteiger partial charge is 0.450 e. The Kier molecular flexibility index (Phi) is 4.91. The predicted molar refractivity (Wildman–Crippen MR) is 32.0 cm³/mol. The molecule has 4 heteroatoms. The first-order valence-corrected chi connectivity index (χ1v) is 2.68. The summed E-state index contributed by atoms with van der Waals surface area (Å²) in [6.07, 6.45) is -0.0366. The fourth-order valence-electron chi connectivity index (χ4n) is 0.376. The molecular formula is C5H11NO3. The Morgan fingerprint density at radius 3 is 2.67 bits per heavy atom. The first-order valence-electron chi connectivity index (χ1n) is 2.68. The van der Waals surface area contributed by atoms with Crippen LogP contribution in [0.2, 0.25) is 0 Å². The van der Waals surface area contributed by atoms with Crippen LogP contribution in [0.15, 0.2) is 0 Å². The molecule has 0 atom stereocenters. The molecule has 0 spiro atoms. The minimum atomic E-state index is -0.730. The molecule has 0 heterocycles. The average molecular weight is 133 g/mol. The quantitative estimate of drug-likeness (QED) is 0.554. The highest BCUT2D eigenvalue weighted by Gasteiger charge is 1.90. The van der Waals surface area contributed by atoms with Crippen molar-refractivity contribution in [2.45, 2.75) is 6.42 Å². The van der Waals surface area contributed by atoms with Crippen LogP contribution in [0.1, 0.15) is 6.42 Å². The van der Waals surface area contributed by atoms with Crippen molar-refractivity contribution in [2.75, 3.05) is 20.3 Å². The SMILES string of the molecule is COCCCOC(N)=O. The van der Waals surface area contributed by atoms with Crippen LogP contribution in [-0.2, 0) is 9.47 Å². The molecule has 0 aromatic carbocycles. The molecular weight excluding hydrogens is 122 g/mol. The van der Waals surface area contributed by atoms with Crippen molar-refractivity contribution in [2.24, 2.45) is 5.73 Å². The van der Waals surface area contributed by atoms with Gasteiger partial charge in [-0.3, -0.25) is 0 Å². The number of hydrogen-bond donors (Lipinski definition) is 1. The van der Waals surface area contributed by atoms with E-state index in [4.69, 9.17) is 4.74 Å². The second kappa shape index (κ2) is 5.37. The lowest BCUT2D eigenvalue weighted by molar-refractivity contribution is 0.131. The van der Waals surface area contributed by atoms with Gasteiger partial charge in [0, 0.05) is 20.1 Å². The maximum Gasteiger partial charge on any atom is 0.404 e. The van der Waals surface area contributed by atoms with E-state index in [2.05, 4.69) is 10.5 Å². The zero-order valence-corrected chi connectivity index (χ0v) is 5.42. The van der Waals surface area contributed by atoms with E-state index >= 15 is 0 Å². The van der Waals surface area contributed by atoms with Crippen molar-refractivity contribution in [1.82, 2.24) is 0 Å². The third-order valence-corrected chi connectivity index (χ3v) is 0.737. The van der Waals surface area contributed by atoms with Crippen molar-refractivity contribution in [3.63, 3.8) is 0 Å². The van der Waals surface area contributed by atoms with Gasteiger partial charge in [-0.2, -0.15) is 0 Å². The topological polar surface area (TPSA) is 61.6 Å². The molecule has 0 aromatic heterocycles. The highest BCUT2D eigenvalue weighted by Crippen LogP contribution is 1.81. The third-order valence-electron chi connectivity index (χ3n) is 0.737. The van der Waals surface area contributed by atoms with Crippen molar-refractivity contribution in [1.29, 1.82) is 0 Å². The van der Waals surface area contributed by atoms with E-state index in [1.807, 2.05) is 0 Å². The summed E-state index contributed by atoms with van der Waals surface area (Å²) in [6.45, 7) is 0.927. The van der Waals surface area contributed by atoms with Crippen LogP contribution in [-0.4, -0.2) is 26.4 Å². The van der Waals surface area contributed by atoms with Gasteiger partial charge in [0.25, 0.3) is 0 Å². The molecule has 0 bridgehead atoms. The number of hydrogen-bond acceptors (Lipinski definition) is 3. The van der Waals surface area contributed by atoms with Gasteiger partial charge < -0.3 is 15.2 Å². The Bertz CT molecular complexity index is 84.3. The minimum absolute atomic E-state index is 0.336. The highest BCUT2D eigenvalue weighted by atomic mass is 16.5. The second-order valence-electron chi connectivity index (χ2n) is 1.51. The normalized spacial score (nSPS) is 9.00. The van der Waals surface area contributed by atoms with Gasteiger partial charge in [-0.05, 0) is 0 Å². The summed E-state index contributed by atoms with van der Waals surface area (Å²) in [4.78, 5) is 9.92. The van der Waals surface area contributed by atoms with Crippen LogP contribution < -0.4 is 5.73 Å². The Morgan fingerprint density at radius 2 is 2.22 bits per heavy atom. The molecule has 0 aromatic rings. The molecule has 0 radical (unpaired) electrons. The summed E-state index contributed by atoms with van der Waals surface area (Å²) >= 11 is 0. The molecule has 0 aliphatic carbocycles. The number of amides is 1. The Morgan fingerprint density at radius 1 is 1.56 bits per heavy atom. The average Bonchev–Trinajstić information content (AvgIpc) is 1.80. The van der Waals surface area contributed by atoms with Crippen LogP contribution in [0.25, 0.3) is 0 Å². The molecule has 4 nitrogen and oxygen atoms in total. The lowest BCUT2D eigenvalue weighted by Gasteiger charge is -1.98. The Labute approximate surface area is 53.9 Å². The molecule has 54 valence electrons. The molecule has 0 saturated heterocycles. The monoisotopic (exact) mass is 133 g/mol. The second-order valence-corrected chi connectivity index (χ2v) is 1.51. The van der Waals surface area contributed by atoms with Crippen molar-refractivity contribution >= 4 is 6.09 Å². The van der Waals surface area contributed by atoms with Crippen LogP contribution in [0.5, 0.6) is 0 Å². The number of nitrogens with two attached hydrogens (primary N) is 1. The van der Waals surface area contributed by atoms with E-state index in [0.29, 0.717) is 19.6 Å². The Balaban J connectivity index is 2.83. The van der Waals surface area contributed by atoms with E-state index in [9.17, 15) is 4.79 Å². The first kappa shape index (κ1) is 8.23. The van der Waals surface area contributed by atoms with Gasteiger partial charge in [-0.1, -0.05) is 0 Å². The third kappa shape index (κ3) is 7.23. The lowest BCUT2D eigenvalue weighted by Crippen LogP contribution is -2.14. The van der Waals surface area contributed by atoms with Crippen LogP contribution in [0.4, 0.5) is 4.79 Å². The number of carbonyl (C=O) groups is 1. The van der Waals surface area contributed by atoms with E-state index in [-0.39, 0.29) is 0 Å². The first-order chi connectivity index (χ1) is 4.27. The molecule has 9 heavy (non-hydrogen) atoms. The molecule has 0 fully saturated rings. The zero-order chi connectivity index (χ0) is 7.11. The predicted octanol–water partition coefficient (Wildman–Crippen LogP) is 0.118. The number of rotatable bonds is 4. The number of carbonyl (C=O) groups excluding carboxylic acids is 1.